The molecule has 2 heterocycles. The van der Waals surface area contributed by atoms with Gasteiger partial charge in [0.15, 0.2) is 28.8 Å². The first-order valence-electron chi connectivity index (χ1n) is 13.3. The topological polar surface area (TPSA) is 91.3 Å². The average molecular weight is 552 g/mol. The molecule has 9 nitrogen and oxygen atoms in total. The summed E-state index contributed by atoms with van der Waals surface area (Å²) in [5.41, 5.74) is 0.909. The highest BCUT2D eigenvalue weighted by molar-refractivity contribution is 6.08. The molecule has 2 aliphatic rings. The number of allylic oxidation sites excluding steroid dienone is 1. The summed E-state index contributed by atoms with van der Waals surface area (Å²) >= 11 is 0. The van der Waals surface area contributed by atoms with Gasteiger partial charge in [-0.1, -0.05) is 6.08 Å². The van der Waals surface area contributed by atoms with E-state index < -0.39 is 17.0 Å². The van der Waals surface area contributed by atoms with Gasteiger partial charge in [-0.3, -0.25) is 9.59 Å². The number of benzene rings is 2. The van der Waals surface area contributed by atoms with Gasteiger partial charge in [-0.25, -0.2) is 4.39 Å². The quantitative estimate of drug-likeness (QED) is 0.313. The van der Waals surface area contributed by atoms with Crippen LogP contribution in [-0.4, -0.2) is 64.5 Å². The summed E-state index contributed by atoms with van der Waals surface area (Å²) in [6.07, 6.45) is 6.29. The number of ketones is 1. The number of piperazine rings is 1. The standard InChI is InChI=1S/C30H34FN3O6/c1-17-15-33(11-10-32-17)27-22(31)14-20-26(30(27)40-5)34(19-7-8-19)16-21(28(20)36)23(35)9-6-18-12-24(37-2)29(39-4)25(13-18)38-3/h6,9,12-14,16-17,19,32H,7-8,10-11,15H2,1-5H3. The number of aromatic nitrogens is 1. The summed E-state index contributed by atoms with van der Waals surface area (Å²) in [5, 5.41) is 3.49. The summed E-state index contributed by atoms with van der Waals surface area (Å²) in [7, 11) is 6.01. The van der Waals surface area contributed by atoms with Crippen molar-refractivity contribution in [2.24, 2.45) is 0 Å². The molecule has 1 aliphatic heterocycles. The zero-order chi connectivity index (χ0) is 28.6. The Bertz CT molecular complexity index is 1520. The Labute approximate surface area is 232 Å². The van der Waals surface area contributed by atoms with Crippen LogP contribution in [0.15, 0.2) is 35.3 Å². The number of carbonyl (C=O) groups excluding carboxylic acids is 1. The summed E-state index contributed by atoms with van der Waals surface area (Å²) in [5.74, 6) is 0.590. The number of ether oxygens (including phenoxy) is 4. The number of hydrogen-bond acceptors (Lipinski definition) is 8. The highest BCUT2D eigenvalue weighted by Gasteiger charge is 2.32. The molecular formula is C30H34FN3O6. The number of anilines is 1. The van der Waals surface area contributed by atoms with E-state index in [0.29, 0.717) is 59.4 Å². The van der Waals surface area contributed by atoms with Crippen molar-refractivity contribution >= 4 is 28.4 Å². The Morgan fingerprint density at radius 2 is 1.70 bits per heavy atom. The largest absolute Gasteiger partial charge is 0.493 e. The maximum absolute atomic E-state index is 15.7. The van der Waals surface area contributed by atoms with Crippen LogP contribution in [0.5, 0.6) is 23.0 Å². The molecule has 1 aliphatic carbocycles. The number of halogens is 1. The van der Waals surface area contributed by atoms with E-state index in [0.717, 1.165) is 12.8 Å². The fraction of sp³-hybridized carbons (Fsp3) is 0.400. The molecule has 0 amide bonds. The van der Waals surface area contributed by atoms with Crippen LogP contribution in [-0.2, 0) is 0 Å². The molecule has 1 saturated heterocycles. The van der Waals surface area contributed by atoms with Gasteiger partial charge in [-0.15, -0.1) is 0 Å². The Hall–Kier alpha value is -4.05. The maximum Gasteiger partial charge on any atom is 0.203 e. The Morgan fingerprint density at radius 1 is 1.02 bits per heavy atom. The first kappa shape index (κ1) is 27.5. The fourth-order valence-corrected chi connectivity index (χ4v) is 5.34. The van der Waals surface area contributed by atoms with Gasteiger partial charge in [-0.2, -0.15) is 0 Å². The first-order valence-corrected chi connectivity index (χ1v) is 13.3. The molecule has 1 saturated carbocycles. The molecule has 0 radical (unpaired) electrons. The summed E-state index contributed by atoms with van der Waals surface area (Å²) in [6, 6.07) is 4.93. The van der Waals surface area contributed by atoms with Crippen LogP contribution in [0.25, 0.3) is 17.0 Å². The van der Waals surface area contributed by atoms with Crippen LogP contribution in [0.1, 0.15) is 41.7 Å². The van der Waals surface area contributed by atoms with Crippen LogP contribution < -0.4 is 34.6 Å². The number of pyridine rings is 1. The lowest BCUT2D eigenvalue weighted by atomic mass is 10.0. The van der Waals surface area contributed by atoms with Gasteiger partial charge in [-0.05, 0) is 49.6 Å². The zero-order valence-corrected chi connectivity index (χ0v) is 23.4. The number of methoxy groups -OCH3 is 4. The van der Waals surface area contributed by atoms with Gasteiger partial charge in [0.2, 0.25) is 11.2 Å². The van der Waals surface area contributed by atoms with E-state index >= 15 is 4.39 Å². The van der Waals surface area contributed by atoms with Crippen molar-refractivity contribution in [2.75, 3.05) is 53.0 Å². The first-order chi connectivity index (χ1) is 19.3. The Morgan fingerprint density at radius 3 is 2.27 bits per heavy atom. The lowest BCUT2D eigenvalue weighted by molar-refractivity contribution is 0.104. The van der Waals surface area contributed by atoms with Crippen LogP contribution in [0.2, 0.25) is 0 Å². The number of nitrogens with zero attached hydrogens (tertiary/aromatic N) is 2. The lowest BCUT2D eigenvalue weighted by Gasteiger charge is -2.35. The minimum atomic E-state index is -0.546. The molecular weight excluding hydrogens is 517 g/mol. The van der Waals surface area contributed by atoms with Crippen molar-refractivity contribution in [3.63, 3.8) is 0 Å². The van der Waals surface area contributed by atoms with Gasteiger partial charge >= 0.3 is 0 Å². The molecule has 2 fully saturated rings. The van der Waals surface area contributed by atoms with Crippen LogP contribution in [0.3, 0.4) is 0 Å². The third-order valence-corrected chi connectivity index (χ3v) is 7.41. The molecule has 5 rings (SSSR count). The van der Waals surface area contributed by atoms with Crippen molar-refractivity contribution in [3.8, 4) is 23.0 Å². The van der Waals surface area contributed by atoms with Gasteiger partial charge in [0, 0.05) is 37.9 Å². The predicted octanol–water partition coefficient (Wildman–Crippen LogP) is 4.20. The second-order valence-corrected chi connectivity index (χ2v) is 10.1. The van der Waals surface area contributed by atoms with E-state index in [2.05, 4.69) is 5.32 Å². The molecule has 0 bridgehead atoms. The van der Waals surface area contributed by atoms with Gasteiger partial charge < -0.3 is 33.7 Å². The van der Waals surface area contributed by atoms with Crippen LogP contribution >= 0.6 is 0 Å². The fourth-order valence-electron chi connectivity index (χ4n) is 5.34. The normalized spacial score (nSPS) is 17.4. The summed E-state index contributed by atoms with van der Waals surface area (Å²) < 4.78 is 39.5. The Kier molecular flexibility index (Phi) is 7.71. The van der Waals surface area contributed by atoms with Gasteiger partial charge in [0.25, 0.3) is 0 Å². The van der Waals surface area contributed by atoms with Gasteiger partial charge in [0.1, 0.15) is 5.69 Å². The van der Waals surface area contributed by atoms with E-state index in [1.807, 2.05) is 16.4 Å². The monoisotopic (exact) mass is 551 g/mol. The van der Waals surface area contributed by atoms with E-state index in [-0.39, 0.29) is 23.0 Å². The molecule has 3 aromatic rings. The molecule has 10 heteroatoms. The molecule has 1 unspecified atom stereocenters. The van der Waals surface area contributed by atoms with E-state index in [9.17, 15) is 9.59 Å². The second kappa shape index (κ2) is 11.2. The molecule has 1 aromatic heterocycles. The molecule has 2 aromatic carbocycles. The third kappa shape index (κ3) is 4.99. The minimum Gasteiger partial charge on any atom is -0.493 e. The van der Waals surface area contributed by atoms with Gasteiger partial charge in [0.05, 0.1) is 44.9 Å². The number of carbonyl (C=O) groups is 1. The highest BCUT2D eigenvalue weighted by Crippen LogP contribution is 2.44. The average Bonchev–Trinajstić information content (AvgIpc) is 3.80. The van der Waals surface area contributed by atoms with Crippen molar-refractivity contribution < 1.29 is 28.1 Å². The van der Waals surface area contributed by atoms with Crippen molar-refractivity contribution in [1.29, 1.82) is 0 Å². The molecule has 0 spiro atoms. The number of hydrogen-bond donors (Lipinski definition) is 1. The number of rotatable bonds is 9. The number of nitrogens with one attached hydrogen (secondary N) is 1. The van der Waals surface area contributed by atoms with Crippen molar-refractivity contribution in [3.05, 3.63) is 57.6 Å². The molecule has 40 heavy (non-hydrogen) atoms. The molecule has 1 N–H and O–H groups in total. The van der Waals surface area contributed by atoms with E-state index in [1.165, 1.54) is 40.6 Å². The van der Waals surface area contributed by atoms with Crippen molar-refractivity contribution in [2.45, 2.75) is 31.8 Å². The summed E-state index contributed by atoms with van der Waals surface area (Å²) in [4.78, 5) is 29.0. The lowest BCUT2D eigenvalue weighted by Crippen LogP contribution is -2.49. The minimum absolute atomic E-state index is 0.0342. The molecule has 212 valence electrons. The maximum atomic E-state index is 15.7. The van der Waals surface area contributed by atoms with Crippen LogP contribution in [0.4, 0.5) is 10.1 Å². The van der Waals surface area contributed by atoms with Crippen molar-refractivity contribution in [1.82, 2.24) is 9.88 Å². The third-order valence-electron chi connectivity index (χ3n) is 7.41. The SMILES string of the molecule is COc1cc(C=CC(=O)c2cn(C3CC3)c3c(OC)c(N4CCNC(C)C4)c(F)cc3c2=O)cc(OC)c1OC. The Balaban J connectivity index is 1.60. The summed E-state index contributed by atoms with van der Waals surface area (Å²) in [6.45, 7) is 3.97. The number of fused-ring (bicyclic) bond motifs is 1. The van der Waals surface area contributed by atoms with E-state index in [4.69, 9.17) is 18.9 Å². The van der Waals surface area contributed by atoms with E-state index in [1.54, 1.807) is 24.4 Å². The second-order valence-electron chi connectivity index (χ2n) is 10.1. The van der Waals surface area contributed by atoms with Crippen LogP contribution in [0, 0.1) is 5.82 Å². The zero-order valence-electron chi connectivity index (χ0n) is 23.4. The molecule has 1 atom stereocenters. The smallest absolute Gasteiger partial charge is 0.203 e. The highest BCUT2D eigenvalue weighted by atomic mass is 19.1. The predicted molar refractivity (Wildman–Crippen MR) is 152 cm³/mol.